The highest BCUT2D eigenvalue weighted by Crippen LogP contribution is 2.19. The second-order valence-corrected chi connectivity index (χ2v) is 6.86. The molecule has 1 aromatic heterocycles. The molecule has 148 valence electrons. The Bertz CT molecular complexity index is 1100. The summed E-state index contributed by atoms with van der Waals surface area (Å²) in [5.74, 6) is 0.381. The van der Waals surface area contributed by atoms with Crippen LogP contribution in [-0.2, 0) is 6.42 Å². The molecule has 0 radical (unpaired) electrons. The predicted molar refractivity (Wildman–Crippen MR) is 120 cm³/mol. The van der Waals surface area contributed by atoms with E-state index in [0.717, 1.165) is 23.2 Å². The lowest BCUT2D eigenvalue weighted by molar-refractivity contribution is 0.0954. The number of hydrogen-bond donors (Lipinski definition) is 2. The Kier molecular flexibility index (Phi) is 6.11. The van der Waals surface area contributed by atoms with E-state index < -0.39 is 0 Å². The fraction of sp³-hybridized carbons (Fsp3) is 0.0800. The number of benzene rings is 3. The topological polar surface area (TPSA) is 66.9 Å². The van der Waals surface area contributed by atoms with Gasteiger partial charge in [-0.25, -0.2) is 9.97 Å². The van der Waals surface area contributed by atoms with Gasteiger partial charge >= 0.3 is 0 Å². The summed E-state index contributed by atoms with van der Waals surface area (Å²) in [5, 5.41) is 6.12. The van der Waals surface area contributed by atoms with E-state index in [0.29, 0.717) is 18.1 Å². The summed E-state index contributed by atoms with van der Waals surface area (Å²) in [6.45, 7) is 0.588. The van der Waals surface area contributed by atoms with Crippen molar-refractivity contribution in [2.24, 2.45) is 0 Å². The van der Waals surface area contributed by atoms with Crippen LogP contribution in [0.3, 0.4) is 0 Å². The van der Waals surface area contributed by atoms with E-state index in [9.17, 15) is 4.79 Å². The monoisotopic (exact) mass is 394 g/mol. The quantitative estimate of drug-likeness (QED) is 0.470. The fourth-order valence-corrected chi connectivity index (χ4v) is 3.11. The van der Waals surface area contributed by atoms with Crippen molar-refractivity contribution in [2.75, 3.05) is 11.9 Å². The highest BCUT2D eigenvalue weighted by atomic mass is 16.1. The average molecular weight is 394 g/mol. The van der Waals surface area contributed by atoms with Gasteiger partial charge in [-0.3, -0.25) is 4.79 Å². The molecule has 0 unspecified atom stereocenters. The molecule has 1 heterocycles. The first-order valence-corrected chi connectivity index (χ1v) is 9.84. The van der Waals surface area contributed by atoms with Gasteiger partial charge < -0.3 is 10.6 Å². The first-order chi connectivity index (χ1) is 14.8. The van der Waals surface area contributed by atoms with Gasteiger partial charge in [0, 0.05) is 35.8 Å². The molecule has 4 aromatic rings. The van der Waals surface area contributed by atoms with Gasteiger partial charge in [-0.15, -0.1) is 0 Å². The Morgan fingerprint density at radius 1 is 0.767 bits per heavy atom. The van der Waals surface area contributed by atoms with Crippen LogP contribution in [0.4, 0.5) is 11.6 Å². The lowest BCUT2D eigenvalue weighted by atomic mass is 10.1. The van der Waals surface area contributed by atoms with E-state index in [2.05, 4.69) is 32.7 Å². The summed E-state index contributed by atoms with van der Waals surface area (Å²) in [6.07, 6.45) is 4.36. The Morgan fingerprint density at radius 2 is 1.47 bits per heavy atom. The maximum atomic E-state index is 12.5. The molecule has 5 heteroatoms. The van der Waals surface area contributed by atoms with Gasteiger partial charge in [0.2, 0.25) is 5.95 Å². The summed E-state index contributed by atoms with van der Waals surface area (Å²) in [7, 11) is 0. The molecule has 0 spiro atoms. The Hall–Kier alpha value is -3.99. The average Bonchev–Trinajstić information content (AvgIpc) is 2.81. The van der Waals surface area contributed by atoms with Crippen molar-refractivity contribution in [3.05, 3.63) is 108 Å². The summed E-state index contributed by atoms with van der Waals surface area (Å²) in [4.78, 5) is 21.2. The summed E-state index contributed by atoms with van der Waals surface area (Å²) in [5.41, 5.74) is 4.57. The smallest absolute Gasteiger partial charge is 0.251 e. The number of rotatable bonds is 7. The lowest BCUT2D eigenvalue weighted by Gasteiger charge is -2.09. The number of carbonyl (C=O) groups excluding carboxylic acids is 1. The minimum Gasteiger partial charge on any atom is -0.352 e. The molecule has 0 fully saturated rings. The van der Waals surface area contributed by atoms with Gasteiger partial charge in [0.15, 0.2) is 0 Å². The Labute approximate surface area is 175 Å². The van der Waals surface area contributed by atoms with E-state index in [4.69, 9.17) is 0 Å². The second kappa shape index (κ2) is 9.47. The lowest BCUT2D eigenvalue weighted by Crippen LogP contribution is -2.25. The molecule has 2 N–H and O–H groups in total. The van der Waals surface area contributed by atoms with Crippen LogP contribution >= 0.6 is 0 Å². The molecule has 0 bridgehead atoms. The normalized spacial score (nSPS) is 10.4. The van der Waals surface area contributed by atoms with Crippen LogP contribution in [0.25, 0.3) is 11.1 Å². The predicted octanol–water partition coefficient (Wildman–Crippen LogP) is 4.86. The van der Waals surface area contributed by atoms with Gasteiger partial charge in [-0.1, -0.05) is 66.7 Å². The molecule has 4 rings (SSSR count). The van der Waals surface area contributed by atoms with E-state index in [1.165, 1.54) is 5.56 Å². The van der Waals surface area contributed by atoms with Crippen molar-refractivity contribution < 1.29 is 4.79 Å². The number of carbonyl (C=O) groups is 1. The number of anilines is 2. The van der Waals surface area contributed by atoms with Crippen molar-refractivity contribution in [2.45, 2.75) is 6.42 Å². The van der Waals surface area contributed by atoms with Crippen LogP contribution in [-0.4, -0.2) is 22.4 Å². The highest BCUT2D eigenvalue weighted by Gasteiger charge is 2.07. The number of amides is 1. The van der Waals surface area contributed by atoms with E-state index in [-0.39, 0.29) is 5.91 Å². The van der Waals surface area contributed by atoms with Gasteiger partial charge in [-0.2, -0.15) is 0 Å². The standard InChI is InChI=1S/C25H22N4O/c30-24(26-15-14-19-8-3-1-4-9-19)21-12-7-13-23(16-21)29-25-27-17-22(18-28-25)20-10-5-2-6-11-20/h1-13,16-18H,14-15H2,(H,26,30)(H,27,28,29). The van der Waals surface area contributed by atoms with Crippen LogP contribution in [0, 0.1) is 0 Å². The molecule has 0 saturated carbocycles. The third-order valence-corrected chi connectivity index (χ3v) is 4.68. The van der Waals surface area contributed by atoms with Crippen molar-refractivity contribution in [3.8, 4) is 11.1 Å². The molecule has 0 aliphatic carbocycles. The SMILES string of the molecule is O=C(NCCc1ccccc1)c1cccc(Nc2ncc(-c3ccccc3)cn2)c1. The summed E-state index contributed by atoms with van der Waals surface area (Å²) >= 11 is 0. The highest BCUT2D eigenvalue weighted by molar-refractivity contribution is 5.95. The maximum Gasteiger partial charge on any atom is 0.251 e. The molecule has 0 aliphatic heterocycles. The fourth-order valence-electron chi connectivity index (χ4n) is 3.11. The number of aromatic nitrogens is 2. The molecule has 1 amide bonds. The molecule has 3 aromatic carbocycles. The van der Waals surface area contributed by atoms with Crippen LogP contribution in [0.2, 0.25) is 0 Å². The Balaban J connectivity index is 1.36. The minimum atomic E-state index is -0.102. The minimum absolute atomic E-state index is 0.102. The maximum absolute atomic E-state index is 12.5. The van der Waals surface area contributed by atoms with Crippen molar-refractivity contribution in [1.29, 1.82) is 0 Å². The van der Waals surface area contributed by atoms with Crippen molar-refractivity contribution in [1.82, 2.24) is 15.3 Å². The zero-order valence-corrected chi connectivity index (χ0v) is 16.5. The van der Waals surface area contributed by atoms with Gasteiger partial charge in [-0.05, 0) is 35.7 Å². The first kappa shape index (κ1) is 19.3. The molecular weight excluding hydrogens is 372 g/mol. The van der Waals surface area contributed by atoms with Crippen molar-refractivity contribution in [3.63, 3.8) is 0 Å². The zero-order valence-electron chi connectivity index (χ0n) is 16.5. The molecule has 5 nitrogen and oxygen atoms in total. The summed E-state index contributed by atoms with van der Waals surface area (Å²) < 4.78 is 0. The van der Waals surface area contributed by atoms with Gasteiger partial charge in [0.1, 0.15) is 0 Å². The van der Waals surface area contributed by atoms with Crippen LogP contribution in [0.5, 0.6) is 0 Å². The number of nitrogens with zero attached hydrogens (tertiary/aromatic N) is 2. The van der Waals surface area contributed by atoms with Crippen LogP contribution in [0.1, 0.15) is 15.9 Å². The van der Waals surface area contributed by atoms with E-state index >= 15 is 0 Å². The molecule has 30 heavy (non-hydrogen) atoms. The first-order valence-electron chi connectivity index (χ1n) is 9.84. The van der Waals surface area contributed by atoms with E-state index in [1.807, 2.05) is 60.7 Å². The molecular formula is C25H22N4O. The molecule has 0 aliphatic rings. The van der Waals surface area contributed by atoms with Gasteiger partial charge in [0.25, 0.3) is 5.91 Å². The van der Waals surface area contributed by atoms with Gasteiger partial charge in [0.05, 0.1) is 0 Å². The zero-order chi connectivity index (χ0) is 20.6. The van der Waals surface area contributed by atoms with Crippen LogP contribution in [0.15, 0.2) is 97.3 Å². The third kappa shape index (κ3) is 5.08. The largest absolute Gasteiger partial charge is 0.352 e. The number of hydrogen-bond acceptors (Lipinski definition) is 4. The second-order valence-electron chi connectivity index (χ2n) is 6.86. The van der Waals surface area contributed by atoms with Crippen molar-refractivity contribution >= 4 is 17.5 Å². The molecule has 0 atom stereocenters. The Morgan fingerprint density at radius 3 is 2.20 bits per heavy atom. The van der Waals surface area contributed by atoms with E-state index in [1.54, 1.807) is 24.5 Å². The molecule has 0 saturated heterocycles. The third-order valence-electron chi connectivity index (χ3n) is 4.68. The summed E-state index contributed by atoms with van der Waals surface area (Å²) in [6, 6.07) is 27.4. The number of nitrogens with one attached hydrogen (secondary N) is 2. The van der Waals surface area contributed by atoms with Crippen LogP contribution < -0.4 is 10.6 Å².